The van der Waals surface area contributed by atoms with Gasteiger partial charge < -0.3 is 15.3 Å². The quantitative estimate of drug-likeness (QED) is 0.0912. The van der Waals surface area contributed by atoms with E-state index < -0.39 is 5.97 Å². The number of carbonyl (C=O) groups is 1. The van der Waals surface area contributed by atoms with E-state index in [4.69, 9.17) is 17.3 Å². The maximum absolute atomic E-state index is 10.3. The Kier molecular flexibility index (Phi) is 33.4. The highest BCUT2D eigenvalue weighted by atomic mass is 32.1. The molecule has 5 heteroatoms. The van der Waals surface area contributed by atoms with Crippen LogP contribution in [0, 0.1) is 0 Å². The summed E-state index contributed by atoms with van der Waals surface area (Å²) in [5, 5.41) is 12.8. The molecule has 4 nitrogen and oxygen atoms in total. The van der Waals surface area contributed by atoms with E-state index in [-0.39, 0.29) is 0 Å². The second kappa shape index (κ2) is 32.2. The van der Waals surface area contributed by atoms with Crippen molar-refractivity contribution in [3.05, 3.63) is 0 Å². The zero-order valence-corrected chi connectivity index (χ0v) is 25.7. The Hall–Kier alpha value is -0.840. The maximum Gasteiger partial charge on any atom is 0.303 e. The zero-order chi connectivity index (χ0) is 27.1. The van der Waals surface area contributed by atoms with Crippen LogP contribution >= 0.6 is 12.2 Å². The predicted octanol–water partition coefficient (Wildman–Crippen LogP) is 9.90. The summed E-state index contributed by atoms with van der Waals surface area (Å²) in [6.45, 7) is 12.2. The van der Waals surface area contributed by atoms with Crippen LogP contribution < -0.4 is 5.32 Å². The average molecular weight is 529 g/mol. The van der Waals surface area contributed by atoms with Crippen LogP contribution in [0.15, 0.2) is 0 Å². The minimum absolute atomic E-state index is 0.345. The van der Waals surface area contributed by atoms with Crippen LogP contribution in [0.4, 0.5) is 0 Å². The van der Waals surface area contributed by atoms with E-state index in [2.05, 4.69) is 37.9 Å². The molecule has 0 atom stereocenters. The van der Waals surface area contributed by atoms with E-state index in [9.17, 15) is 4.79 Å². The van der Waals surface area contributed by atoms with E-state index in [1.807, 2.05) is 0 Å². The average Bonchev–Trinajstić information content (AvgIpc) is 2.86. The minimum atomic E-state index is -0.653. The van der Waals surface area contributed by atoms with E-state index >= 15 is 0 Å². The normalized spacial score (nSPS) is 10.6. The number of hydrogen-bond donors (Lipinski definition) is 2. The first-order chi connectivity index (χ1) is 17.5. The summed E-state index contributed by atoms with van der Waals surface area (Å²) in [6.07, 6.45) is 27.6. The third-order valence-corrected chi connectivity index (χ3v) is 7.05. The molecule has 0 saturated heterocycles. The number of carboxylic acid groups (broad SMARTS) is 1. The van der Waals surface area contributed by atoms with Crippen LogP contribution in [0.2, 0.25) is 0 Å². The van der Waals surface area contributed by atoms with E-state index in [1.165, 1.54) is 122 Å². The first kappa shape index (κ1) is 37.3. The fraction of sp³-hybridized carbons (Fsp3) is 0.935. The Labute approximate surface area is 231 Å². The van der Waals surface area contributed by atoms with Crippen molar-refractivity contribution < 1.29 is 9.90 Å². The Balaban J connectivity index is 0. The summed E-state index contributed by atoms with van der Waals surface area (Å²) in [5.41, 5.74) is 0. The largest absolute Gasteiger partial charge is 0.481 e. The summed E-state index contributed by atoms with van der Waals surface area (Å²) in [4.78, 5) is 12.7. The highest BCUT2D eigenvalue weighted by Gasteiger charge is 2.07. The molecule has 0 aromatic carbocycles. The third kappa shape index (κ3) is 31.2. The highest BCUT2D eigenvalue weighted by Crippen LogP contribution is 2.13. The number of thiocarbonyl (C=S) groups is 1. The fourth-order valence-electron chi connectivity index (χ4n) is 4.14. The Morgan fingerprint density at radius 2 is 0.944 bits per heavy atom. The zero-order valence-electron chi connectivity index (χ0n) is 24.9. The minimum Gasteiger partial charge on any atom is -0.481 e. The number of hydrogen-bond acceptors (Lipinski definition) is 2. The summed E-state index contributed by atoms with van der Waals surface area (Å²) in [6, 6.07) is 0. The van der Waals surface area contributed by atoms with Crippen LogP contribution in [-0.2, 0) is 4.79 Å². The molecule has 2 N–H and O–H groups in total. The molecule has 0 radical (unpaired) electrons. The SMILES string of the molecule is CCCCCCCCCCCCCCCCCC(=O)O.CCCCNC(=S)N(CCCC)CCCC. The molecular formula is C31H64N2O2S. The van der Waals surface area contributed by atoms with Crippen molar-refractivity contribution in [2.45, 2.75) is 169 Å². The number of carboxylic acids is 1. The van der Waals surface area contributed by atoms with Crippen LogP contribution in [0.5, 0.6) is 0 Å². The number of rotatable bonds is 25. The molecule has 0 rings (SSSR count). The molecule has 0 bridgehead atoms. The predicted molar refractivity (Wildman–Crippen MR) is 164 cm³/mol. The van der Waals surface area contributed by atoms with Crippen molar-refractivity contribution in [2.24, 2.45) is 0 Å². The lowest BCUT2D eigenvalue weighted by atomic mass is 10.0. The maximum atomic E-state index is 10.3. The van der Waals surface area contributed by atoms with Crippen molar-refractivity contribution in [3.63, 3.8) is 0 Å². The van der Waals surface area contributed by atoms with Gasteiger partial charge in [0.05, 0.1) is 0 Å². The molecule has 216 valence electrons. The van der Waals surface area contributed by atoms with Crippen LogP contribution in [0.3, 0.4) is 0 Å². The molecule has 0 aliphatic carbocycles. The summed E-state index contributed by atoms with van der Waals surface area (Å²) in [5.74, 6) is -0.653. The molecule has 0 amide bonds. The highest BCUT2D eigenvalue weighted by molar-refractivity contribution is 7.80. The molecule has 0 heterocycles. The molecule has 0 saturated carbocycles. The molecule has 0 aromatic rings. The molecule has 0 aromatic heterocycles. The topological polar surface area (TPSA) is 52.6 Å². The first-order valence-corrected chi connectivity index (χ1v) is 16.2. The standard InChI is InChI=1S/C18H36O2.C13H28N2S/c1-2-3-4-5-6-7-8-9-10-11-12-13-14-15-16-17-18(19)20;1-4-7-10-14-13(16)15(11-8-5-2)12-9-6-3/h2-17H2,1H3,(H,19,20);4-12H2,1-3H3,(H,14,16). The lowest BCUT2D eigenvalue weighted by Crippen LogP contribution is -2.41. The molecule has 0 aliphatic rings. The molecule has 0 spiro atoms. The van der Waals surface area contributed by atoms with E-state index in [1.54, 1.807) is 0 Å². The number of nitrogens with zero attached hydrogens (tertiary/aromatic N) is 1. The van der Waals surface area contributed by atoms with Gasteiger partial charge in [0.1, 0.15) is 0 Å². The van der Waals surface area contributed by atoms with Gasteiger partial charge in [-0.25, -0.2) is 0 Å². The summed E-state index contributed by atoms with van der Waals surface area (Å²) < 4.78 is 0. The monoisotopic (exact) mass is 528 g/mol. The Bertz CT molecular complexity index is 452. The lowest BCUT2D eigenvalue weighted by molar-refractivity contribution is -0.137. The van der Waals surface area contributed by atoms with Gasteiger partial charge in [0.2, 0.25) is 0 Å². The van der Waals surface area contributed by atoms with Crippen LogP contribution in [0.1, 0.15) is 169 Å². The second-order valence-corrected chi connectivity index (χ2v) is 10.8. The van der Waals surface area contributed by atoms with Crippen molar-refractivity contribution in [2.75, 3.05) is 19.6 Å². The van der Waals surface area contributed by atoms with Crippen molar-refractivity contribution >= 4 is 23.3 Å². The number of nitrogens with one attached hydrogen (secondary N) is 1. The van der Waals surface area contributed by atoms with Gasteiger partial charge in [-0.15, -0.1) is 0 Å². The summed E-state index contributed by atoms with van der Waals surface area (Å²) >= 11 is 5.43. The van der Waals surface area contributed by atoms with Gasteiger partial charge in [0.25, 0.3) is 0 Å². The molecule has 0 aliphatic heterocycles. The van der Waals surface area contributed by atoms with Crippen LogP contribution in [0.25, 0.3) is 0 Å². The Morgan fingerprint density at radius 1 is 0.583 bits per heavy atom. The van der Waals surface area contributed by atoms with Crippen molar-refractivity contribution in [1.82, 2.24) is 10.2 Å². The lowest BCUT2D eigenvalue weighted by Gasteiger charge is -2.25. The molecular weight excluding hydrogens is 464 g/mol. The first-order valence-electron chi connectivity index (χ1n) is 15.8. The molecule has 0 fully saturated rings. The Morgan fingerprint density at radius 3 is 1.31 bits per heavy atom. The third-order valence-electron chi connectivity index (χ3n) is 6.65. The number of unbranched alkanes of at least 4 members (excludes halogenated alkanes) is 17. The van der Waals surface area contributed by atoms with Gasteiger partial charge in [-0.2, -0.15) is 0 Å². The fourth-order valence-corrected chi connectivity index (χ4v) is 4.43. The van der Waals surface area contributed by atoms with Crippen LogP contribution in [-0.4, -0.2) is 40.7 Å². The molecule has 0 unspecified atom stereocenters. The van der Waals surface area contributed by atoms with Gasteiger partial charge in [-0.05, 0) is 37.9 Å². The van der Waals surface area contributed by atoms with Gasteiger partial charge in [0, 0.05) is 26.1 Å². The van der Waals surface area contributed by atoms with E-state index in [0.29, 0.717) is 6.42 Å². The summed E-state index contributed by atoms with van der Waals surface area (Å²) in [7, 11) is 0. The molecule has 36 heavy (non-hydrogen) atoms. The van der Waals surface area contributed by atoms with Gasteiger partial charge in [-0.3, -0.25) is 4.79 Å². The van der Waals surface area contributed by atoms with Crippen molar-refractivity contribution in [1.29, 1.82) is 0 Å². The van der Waals surface area contributed by atoms with Crippen molar-refractivity contribution in [3.8, 4) is 0 Å². The van der Waals surface area contributed by atoms with Gasteiger partial charge >= 0.3 is 5.97 Å². The smallest absolute Gasteiger partial charge is 0.303 e. The van der Waals surface area contributed by atoms with E-state index in [0.717, 1.165) is 37.6 Å². The van der Waals surface area contributed by atoms with Gasteiger partial charge in [-0.1, -0.05) is 137 Å². The van der Waals surface area contributed by atoms with Gasteiger partial charge in [0.15, 0.2) is 5.11 Å². The number of aliphatic carboxylic acids is 1. The second-order valence-electron chi connectivity index (χ2n) is 10.4.